The average Bonchev–Trinajstić information content (AvgIpc) is 3.70. The number of fused-ring (bicyclic) bond motifs is 2. The van der Waals surface area contributed by atoms with E-state index in [4.69, 9.17) is 13.8 Å². The number of aromatic amines is 1. The third kappa shape index (κ3) is 4.70. The van der Waals surface area contributed by atoms with E-state index in [9.17, 15) is 9.59 Å². The maximum atomic E-state index is 12.7. The first-order valence-corrected chi connectivity index (χ1v) is 14.8. The molecule has 3 aliphatic heterocycles. The number of amides is 1. The van der Waals surface area contributed by atoms with E-state index in [1.807, 2.05) is 6.07 Å². The number of benzene rings is 1. The molecular weight excluding hydrogens is 519 g/mol. The first kappa shape index (κ1) is 26.5. The number of ether oxygens (including phenoxy) is 1. The second-order valence-electron chi connectivity index (χ2n) is 10.9. The predicted molar refractivity (Wildman–Crippen MR) is 147 cm³/mol. The van der Waals surface area contributed by atoms with Gasteiger partial charge in [0.15, 0.2) is 11.2 Å². The fraction of sp³-hybridized carbons (Fsp3) is 0.556. The lowest BCUT2D eigenvalue weighted by Crippen LogP contribution is -2.36. The SMILES string of the molecule is CC[C@H]1O[C@@H](n2cnc3c(=O)[nH]c(NC(=O)C(C)C)nc32)CC1O[P@@]1O[C@](C)(c2ccccc2)[C@@H]2CCCN21. The molecule has 208 valence electrons. The number of hydrogen-bond acceptors (Lipinski definition) is 8. The van der Waals surface area contributed by atoms with Gasteiger partial charge in [0.05, 0.1) is 24.6 Å². The molecule has 1 amide bonds. The lowest BCUT2D eigenvalue weighted by Gasteiger charge is -2.29. The van der Waals surface area contributed by atoms with Gasteiger partial charge in [-0.05, 0) is 31.7 Å². The molecule has 5 heterocycles. The standard InChI is InChI=1S/C27H35N6O5P/c1-5-18-19(37-39-33-13-9-12-20(33)27(4,38-39)17-10-7-6-8-11-17)14-21(36-18)32-15-28-22-23(32)29-26(31-25(22)35)30-24(34)16(2)3/h6-8,10-11,15-16,18-21H,5,9,12-14H2,1-4H3,(H2,29,30,31,34,35)/t18-,19?,20+,21-,27-,39+/m1/s1. The van der Waals surface area contributed by atoms with Crippen molar-refractivity contribution in [1.29, 1.82) is 0 Å². The number of H-pyrrole nitrogens is 1. The van der Waals surface area contributed by atoms with Gasteiger partial charge in [0.25, 0.3) is 14.1 Å². The fourth-order valence-corrected chi connectivity index (χ4v) is 7.94. The third-order valence-corrected chi connectivity index (χ3v) is 9.89. The highest BCUT2D eigenvalue weighted by Gasteiger charge is 2.56. The van der Waals surface area contributed by atoms with Crippen LogP contribution >= 0.6 is 8.53 Å². The summed E-state index contributed by atoms with van der Waals surface area (Å²) in [7, 11) is -1.27. The molecule has 1 unspecified atom stereocenters. The van der Waals surface area contributed by atoms with Gasteiger partial charge in [0.2, 0.25) is 11.9 Å². The Hall–Kier alpha value is -2.69. The molecule has 3 aliphatic rings. The largest absolute Gasteiger partial charge is 0.352 e. The zero-order valence-corrected chi connectivity index (χ0v) is 23.6. The van der Waals surface area contributed by atoms with Crippen molar-refractivity contribution in [1.82, 2.24) is 24.2 Å². The van der Waals surface area contributed by atoms with Crippen LogP contribution in [0.2, 0.25) is 0 Å². The van der Waals surface area contributed by atoms with Gasteiger partial charge in [-0.1, -0.05) is 51.1 Å². The van der Waals surface area contributed by atoms with E-state index in [-0.39, 0.29) is 41.5 Å². The van der Waals surface area contributed by atoms with Crippen LogP contribution in [0.5, 0.6) is 0 Å². The van der Waals surface area contributed by atoms with Gasteiger partial charge >= 0.3 is 0 Å². The summed E-state index contributed by atoms with van der Waals surface area (Å²) in [5.41, 5.74) is 0.883. The Kier molecular flexibility index (Phi) is 7.05. The average molecular weight is 555 g/mol. The molecule has 2 aromatic heterocycles. The Morgan fingerprint density at radius 3 is 2.87 bits per heavy atom. The summed E-state index contributed by atoms with van der Waals surface area (Å²) in [5.74, 6) is -0.397. The van der Waals surface area contributed by atoms with E-state index < -0.39 is 25.9 Å². The molecule has 0 spiro atoms. The molecule has 12 heteroatoms. The molecule has 6 rings (SSSR count). The minimum absolute atomic E-state index is 0.0915. The van der Waals surface area contributed by atoms with Gasteiger partial charge in [-0.2, -0.15) is 4.98 Å². The lowest BCUT2D eigenvalue weighted by atomic mass is 9.87. The quantitative estimate of drug-likeness (QED) is 0.411. The number of aromatic nitrogens is 4. The number of imidazole rings is 1. The molecule has 3 aromatic rings. The number of carbonyl (C=O) groups excluding carboxylic acids is 1. The van der Waals surface area contributed by atoms with Crippen LogP contribution in [0.4, 0.5) is 5.95 Å². The van der Waals surface area contributed by atoms with Crippen LogP contribution in [0.1, 0.15) is 65.2 Å². The number of hydrogen-bond donors (Lipinski definition) is 2. The van der Waals surface area contributed by atoms with Crippen molar-refractivity contribution in [2.45, 2.75) is 83.5 Å². The van der Waals surface area contributed by atoms with Crippen molar-refractivity contribution in [3.05, 3.63) is 52.6 Å². The molecule has 0 radical (unpaired) electrons. The maximum absolute atomic E-state index is 12.7. The van der Waals surface area contributed by atoms with E-state index in [1.54, 1.807) is 24.7 Å². The first-order chi connectivity index (χ1) is 18.8. The summed E-state index contributed by atoms with van der Waals surface area (Å²) in [6.45, 7) is 8.76. The van der Waals surface area contributed by atoms with Gasteiger partial charge in [0.1, 0.15) is 11.8 Å². The number of anilines is 1. The second-order valence-corrected chi connectivity index (χ2v) is 12.3. The van der Waals surface area contributed by atoms with Crippen LogP contribution in [0.15, 0.2) is 41.5 Å². The van der Waals surface area contributed by atoms with Gasteiger partial charge < -0.3 is 13.8 Å². The summed E-state index contributed by atoms with van der Waals surface area (Å²) in [6, 6.07) is 10.7. The van der Waals surface area contributed by atoms with Crippen molar-refractivity contribution in [3.63, 3.8) is 0 Å². The van der Waals surface area contributed by atoms with E-state index >= 15 is 0 Å². The van der Waals surface area contributed by atoms with E-state index in [0.717, 1.165) is 25.8 Å². The number of carbonyl (C=O) groups is 1. The summed E-state index contributed by atoms with van der Waals surface area (Å²) >= 11 is 0. The molecule has 6 atom stereocenters. The minimum atomic E-state index is -1.27. The molecule has 0 saturated carbocycles. The van der Waals surface area contributed by atoms with Gasteiger partial charge in [-0.15, -0.1) is 0 Å². The first-order valence-electron chi connectivity index (χ1n) is 13.7. The van der Waals surface area contributed by atoms with Crippen LogP contribution in [0.3, 0.4) is 0 Å². The summed E-state index contributed by atoms with van der Waals surface area (Å²) in [6.07, 6.45) is 4.34. The molecule has 1 aromatic carbocycles. The summed E-state index contributed by atoms with van der Waals surface area (Å²) < 4.78 is 24.1. The van der Waals surface area contributed by atoms with E-state index in [2.05, 4.69) is 63.1 Å². The third-order valence-electron chi connectivity index (χ3n) is 8.00. The molecule has 3 fully saturated rings. The van der Waals surface area contributed by atoms with Gasteiger partial charge in [-0.3, -0.25) is 24.5 Å². The van der Waals surface area contributed by atoms with Crippen LogP contribution in [0.25, 0.3) is 11.2 Å². The Morgan fingerprint density at radius 2 is 2.13 bits per heavy atom. The predicted octanol–water partition coefficient (Wildman–Crippen LogP) is 4.43. The highest BCUT2D eigenvalue weighted by atomic mass is 31.2. The zero-order valence-electron chi connectivity index (χ0n) is 22.7. The van der Waals surface area contributed by atoms with Crippen molar-refractivity contribution in [3.8, 4) is 0 Å². The minimum Gasteiger partial charge on any atom is -0.352 e. The topological polar surface area (TPSA) is 124 Å². The van der Waals surface area contributed by atoms with E-state index in [0.29, 0.717) is 12.1 Å². The molecule has 11 nitrogen and oxygen atoms in total. The monoisotopic (exact) mass is 554 g/mol. The highest BCUT2D eigenvalue weighted by Crippen LogP contribution is 2.64. The maximum Gasteiger partial charge on any atom is 0.280 e. The van der Waals surface area contributed by atoms with Crippen molar-refractivity contribution in [2.75, 3.05) is 11.9 Å². The van der Waals surface area contributed by atoms with Gasteiger partial charge in [-0.25, -0.2) is 9.65 Å². The highest BCUT2D eigenvalue weighted by molar-refractivity contribution is 7.45. The molecule has 3 saturated heterocycles. The Morgan fingerprint density at radius 1 is 1.33 bits per heavy atom. The van der Waals surface area contributed by atoms with Gasteiger partial charge in [0, 0.05) is 18.9 Å². The Balaban J connectivity index is 1.23. The normalized spacial score (nSPS) is 30.8. The molecule has 0 aliphatic carbocycles. The number of rotatable bonds is 7. The molecule has 39 heavy (non-hydrogen) atoms. The second kappa shape index (κ2) is 10.4. The molecular formula is C27H35N6O5P. The van der Waals surface area contributed by atoms with Crippen molar-refractivity contribution >= 4 is 31.5 Å². The van der Waals surface area contributed by atoms with Crippen LogP contribution in [0, 0.1) is 5.92 Å². The fourth-order valence-electron chi connectivity index (χ4n) is 5.80. The van der Waals surface area contributed by atoms with Crippen LogP contribution < -0.4 is 10.9 Å². The molecule has 2 N–H and O–H groups in total. The Labute approximate surface area is 228 Å². The number of nitrogens with zero attached hydrogens (tertiary/aromatic N) is 4. The van der Waals surface area contributed by atoms with Crippen LogP contribution in [-0.4, -0.2) is 54.9 Å². The lowest BCUT2D eigenvalue weighted by molar-refractivity contribution is -0.118. The van der Waals surface area contributed by atoms with Crippen molar-refractivity contribution < 1.29 is 18.6 Å². The Bertz CT molecular complexity index is 1410. The van der Waals surface area contributed by atoms with Crippen LogP contribution in [-0.2, 0) is 24.2 Å². The van der Waals surface area contributed by atoms with E-state index in [1.165, 1.54) is 5.56 Å². The number of nitrogens with one attached hydrogen (secondary N) is 2. The summed E-state index contributed by atoms with van der Waals surface area (Å²) in [4.78, 5) is 36.3. The van der Waals surface area contributed by atoms with Crippen molar-refractivity contribution in [2.24, 2.45) is 5.92 Å². The summed E-state index contributed by atoms with van der Waals surface area (Å²) in [5, 5.41) is 2.67. The smallest absolute Gasteiger partial charge is 0.280 e. The zero-order chi connectivity index (χ0) is 27.3. The molecule has 0 bridgehead atoms.